The van der Waals surface area contributed by atoms with E-state index < -0.39 is 6.23 Å². The second-order valence-corrected chi connectivity index (χ2v) is 8.15. The largest absolute Gasteiger partial charge is 0.448 e. The summed E-state index contributed by atoms with van der Waals surface area (Å²) in [5, 5.41) is 13.7. The van der Waals surface area contributed by atoms with Crippen LogP contribution in [0, 0.1) is 0 Å². The van der Waals surface area contributed by atoms with E-state index >= 15 is 0 Å². The molecule has 1 N–H and O–H groups in total. The van der Waals surface area contributed by atoms with Crippen molar-refractivity contribution in [2.75, 3.05) is 11.1 Å². The first-order valence-electron chi connectivity index (χ1n) is 9.01. The summed E-state index contributed by atoms with van der Waals surface area (Å²) in [5.74, 6) is 1.35. The third kappa shape index (κ3) is 3.90. The number of aromatic nitrogens is 3. The average Bonchev–Trinajstić information content (AvgIpc) is 2.84. The van der Waals surface area contributed by atoms with Crippen molar-refractivity contribution in [1.29, 1.82) is 0 Å². The Morgan fingerprint density at radius 2 is 1.86 bits per heavy atom. The predicted octanol–water partition coefficient (Wildman–Crippen LogP) is 6.24. The van der Waals surface area contributed by atoms with Crippen molar-refractivity contribution in [2.45, 2.75) is 31.1 Å². The van der Waals surface area contributed by atoms with Gasteiger partial charge in [0.05, 0.1) is 15.6 Å². The normalized spacial score (nSPS) is 15.0. The molecule has 28 heavy (non-hydrogen) atoms. The summed E-state index contributed by atoms with van der Waals surface area (Å²) < 4.78 is 6.23. The highest BCUT2D eigenvalue weighted by Crippen LogP contribution is 2.42. The first kappa shape index (κ1) is 19.3. The first-order chi connectivity index (χ1) is 13.7. The molecule has 3 aromatic rings. The molecule has 0 spiro atoms. The van der Waals surface area contributed by atoms with Crippen molar-refractivity contribution in [3.63, 3.8) is 0 Å². The second kappa shape index (κ2) is 8.55. The number of hydrogen-bond acceptors (Lipinski definition) is 6. The number of thioether (sulfide) groups is 1. The number of nitrogens with zero attached hydrogens (tertiary/aromatic N) is 3. The zero-order valence-corrected chi connectivity index (χ0v) is 17.5. The number of ether oxygens (including phenoxy) is 1. The van der Waals surface area contributed by atoms with E-state index in [0.717, 1.165) is 29.8 Å². The van der Waals surface area contributed by atoms with Gasteiger partial charge in [0.2, 0.25) is 17.3 Å². The predicted molar refractivity (Wildman–Crippen MR) is 114 cm³/mol. The molecule has 0 unspecified atom stereocenters. The molecule has 0 aliphatic carbocycles. The van der Waals surface area contributed by atoms with Crippen LogP contribution in [0.1, 0.15) is 31.6 Å². The van der Waals surface area contributed by atoms with Gasteiger partial charge in [-0.2, -0.15) is 4.98 Å². The van der Waals surface area contributed by atoms with Crippen LogP contribution in [0.4, 0.5) is 5.69 Å². The third-order valence-electron chi connectivity index (χ3n) is 4.32. The van der Waals surface area contributed by atoms with Crippen molar-refractivity contribution in [3.05, 3.63) is 58.1 Å². The monoisotopic (exact) mass is 432 g/mol. The number of unbranched alkanes of at least 4 members (excludes halogenated alkanes) is 1. The number of benzene rings is 2. The molecule has 5 nitrogen and oxygen atoms in total. The molecule has 2 aromatic carbocycles. The van der Waals surface area contributed by atoms with Crippen molar-refractivity contribution < 1.29 is 4.74 Å². The van der Waals surface area contributed by atoms with Crippen LogP contribution in [0.5, 0.6) is 5.88 Å². The van der Waals surface area contributed by atoms with Gasteiger partial charge in [0.15, 0.2) is 5.69 Å². The minimum atomic E-state index is -0.603. The van der Waals surface area contributed by atoms with Crippen molar-refractivity contribution in [1.82, 2.24) is 15.2 Å². The summed E-state index contributed by atoms with van der Waals surface area (Å²) in [6.45, 7) is 2.15. The molecular weight excluding hydrogens is 415 g/mol. The van der Waals surface area contributed by atoms with E-state index in [0.29, 0.717) is 32.3 Å². The van der Waals surface area contributed by atoms with E-state index in [1.54, 1.807) is 30.0 Å². The Bertz CT molecular complexity index is 981. The maximum atomic E-state index is 6.43. The van der Waals surface area contributed by atoms with Gasteiger partial charge >= 0.3 is 0 Å². The number of rotatable bonds is 5. The Balaban J connectivity index is 1.78. The highest BCUT2D eigenvalue weighted by atomic mass is 35.5. The minimum Gasteiger partial charge on any atom is -0.448 e. The van der Waals surface area contributed by atoms with Crippen LogP contribution < -0.4 is 10.1 Å². The zero-order valence-electron chi connectivity index (χ0n) is 15.2. The van der Waals surface area contributed by atoms with Crippen LogP contribution in [0.25, 0.3) is 11.3 Å². The Hall–Kier alpha value is -2.02. The van der Waals surface area contributed by atoms with E-state index in [2.05, 4.69) is 27.4 Å². The van der Waals surface area contributed by atoms with Crippen LogP contribution in [-0.2, 0) is 0 Å². The smallest absolute Gasteiger partial charge is 0.247 e. The van der Waals surface area contributed by atoms with Crippen LogP contribution in [0.3, 0.4) is 0 Å². The number of nitrogens with one attached hydrogen (secondary N) is 1. The molecular formula is C20H18Cl2N4OS. The fourth-order valence-electron chi connectivity index (χ4n) is 2.91. The lowest BCUT2D eigenvalue weighted by atomic mass is 10.1. The molecule has 0 radical (unpaired) electrons. The van der Waals surface area contributed by atoms with Crippen molar-refractivity contribution in [2.24, 2.45) is 0 Å². The van der Waals surface area contributed by atoms with Gasteiger partial charge < -0.3 is 10.1 Å². The highest BCUT2D eigenvalue weighted by molar-refractivity contribution is 7.99. The van der Waals surface area contributed by atoms with Crippen LogP contribution in [-0.4, -0.2) is 20.9 Å². The van der Waals surface area contributed by atoms with Crippen molar-refractivity contribution >= 4 is 40.7 Å². The fourth-order valence-corrected chi connectivity index (χ4v) is 4.37. The van der Waals surface area contributed by atoms with E-state index in [-0.39, 0.29) is 0 Å². The summed E-state index contributed by atoms with van der Waals surface area (Å²) in [4.78, 5) is 4.62. The third-order valence-corrected chi connectivity index (χ3v) is 5.91. The Kier molecular flexibility index (Phi) is 5.90. The number of anilines is 1. The molecule has 144 valence electrons. The van der Waals surface area contributed by atoms with Gasteiger partial charge in [-0.05, 0) is 24.6 Å². The topological polar surface area (TPSA) is 59.9 Å². The van der Waals surface area contributed by atoms with Crippen LogP contribution in [0.15, 0.2) is 47.6 Å². The number of halogens is 2. The maximum absolute atomic E-state index is 6.43. The molecule has 0 amide bonds. The molecule has 8 heteroatoms. The number of fused-ring (bicyclic) bond motifs is 3. The molecule has 1 atom stereocenters. The summed E-state index contributed by atoms with van der Waals surface area (Å²) in [5.41, 5.74) is 2.97. The molecule has 1 aliphatic heterocycles. The zero-order chi connectivity index (χ0) is 19.5. The fraction of sp³-hybridized carbons (Fsp3) is 0.250. The van der Waals surface area contributed by atoms with E-state index in [9.17, 15) is 0 Å². The van der Waals surface area contributed by atoms with Crippen LogP contribution >= 0.6 is 35.0 Å². The van der Waals surface area contributed by atoms with Gasteiger partial charge in [-0.1, -0.05) is 72.6 Å². The molecule has 0 bridgehead atoms. The van der Waals surface area contributed by atoms with Gasteiger partial charge in [0, 0.05) is 17.0 Å². The highest BCUT2D eigenvalue weighted by Gasteiger charge is 2.28. The van der Waals surface area contributed by atoms with Crippen molar-refractivity contribution in [3.8, 4) is 17.1 Å². The van der Waals surface area contributed by atoms with Gasteiger partial charge in [-0.15, -0.1) is 10.2 Å². The Morgan fingerprint density at radius 3 is 2.64 bits per heavy atom. The molecule has 2 heterocycles. The molecule has 1 aromatic heterocycles. The van der Waals surface area contributed by atoms with E-state index in [4.69, 9.17) is 27.9 Å². The maximum Gasteiger partial charge on any atom is 0.247 e. The summed E-state index contributed by atoms with van der Waals surface area (Å²) in [6, 6.07) is 13.2. The minimum absolute atomic E-state index is 0.410. The van der Waals surface area contributed by atoms with Gasteiger partial charge in [0.1, 0.15) is 0 Å². The first-order valence-corrected chi connectivity index (χ1v) is 10.8. The average molecular weight is 433 g/mol. The Labute approximate surface area is 177 Å². The second-order valence-electron chi connectivity index (χ2n) is 6.27. The lowest BCUT2D eigenvalue weighted by molar-refractivity contribution is 0.225. The van der Waals surface area contributed by atoms with Gasteiger partial charge in [-0.25, -0.2) is 0 Å². The molecule has 0 saturated carbocycles. The molecule has 0 fully saturated rings. The van der Waals surface area contributed by atoms with E-state index in [1.165, 1.54) is 0 Å². The lowest BCUT2D eigenvalue weighted by Gasteiger charge is -2.21. The molecule has 0 saturated heterocycles. The van der Waals surface area contributed by atoms with Crippen LogP contribution in [0.2, 0.25) is 10.0 Å². The molecule has 1 aliphatic rings. The summed E-state index contributed by atoms with van der Waals surface area (Å²) in [6.07, 6.45) is 1.61. The van der Waals surface area contributed by atoms with Gasteiger partial charge in [-0.3, -0.25) is 0 Å². The Morgan fingerprint density at radius 1 is 1.07 bits per heavy atom. The summed E-state index contributed by atoms with van der Waals surface area (Å²) >= 11 is 14.4. The number of hydrogen-bond donors (Lipinski definition) is 1. The standard InChI is InChI=1S/C20H18Cl2N4OS/c1-2-3-11-28-20-24-19-17(25-26-20)12-7-4-5-10-15(12)23-18(27-19)16-13(21)8-6-9-14(16)22/h4-10,18,23H,2-3,11H2,1H3/t18-/m0/s1. The SMILES string of the molecule is CCCCSc1nnc2c(n1)O[C@@H](c1c(Cl)cccc1Cl)Nc1ccccc1-2. The lowest BCUT2D eigenvalue weighted by Crippen LogP contribution is -2.18. The quantitative estimate of drug-likeness (QED) is 0.380. The number of para-hydroxylation sites is 1. The summed E-state index contributed by atoms with van der Waals surface area (Å²) in [7, 11) is 0. The van der Waals surface area contributed by atoms with E-state index in [1.807, 2.05) is 24.3 Å². The van der Waals surface area contributed by atoms with Gasteiger partial charge in [0.25, 0.3) is 0 Å². The molecule has 4 rings (SSSR count).